The van der Waals surface area contributed by atoms with Crippen molar-refractivity contribution in [2.75, 3.05) is 18.5 Å². The second-order valence-electron chi connectivity index (χ2n) is 4.80. The predicted octanol–water partition coefficient (Wildman–Crippen LogP) is 2.90. The number of aliphatic hydroxyl groups excluding tert-OH is 1. The van der Waals surface area contributed by atoms with Gasteiger partial charge in [-0.15, -0.1) is 0 Å². The molecule has 0 fully saturated rings. The molecule has 0 aliphatic carbocycles. The largest absolute Gasteiger partial charge is 0.396 e. The number of anilines is 1. The molecule has 0 saturated heterocycles. The Morgan fingerprint density at radius 3 is 2.72 bits per heavy atom. The third-order valence-electron chi connectivity index (χ3n) is 2.47. The van der Waals surface area contributed by atoms with Gasteiger partial charge in [0.25, 0.3) is 0 Å². The highest BCUT2D eigenvalue weighted by Crippen LogP contribution is 2.14. The van der Waals surface area contributed by atoms with Crippen molar-refractivity contribution in [3.63, 3.8) is 0 Å². The zero-order chi connectivity index (χ0) is 13.4. The van der Waals surface area contributed by atoms with Crippen LogP contribution in [-0.2, 0) is 6.42 Å². The summed E-state index contributed by atoms with van der Waals surface area (Å²) in [6, 6.07) is 1.75. The molecule has 0 aromatic carbocycles. The average molecular weight is 272 g/mol. The van der Waals surface area contributed by atoms with Crippen LogP contribution in [0.15, 0.2) is 6.07 Å². The van der Waals surface area contributed by atoms with Crippen molar-refractivity contribution in [3.8, 4) is 0 Å². The minimum absolute atomic E-state index is 0.262. The fourth-order valence-corrected chi connectivity index (χ4v) is 1.84. The van der Waals surface area contributed by atoms with Gasteiger partial charge in [-0.2, -0.15) is 0 Å². The minimum atomic E-state index is 0.262. The van der Waals surface area contributed by atoms with Crippen molar-refractivity contribution in [2.24, 2.45) is 5.92 Å². The number of hydrogen-bond acceptors (Lipinski definition) is 4. The van der Waals surface area contributed by atoms with E-state index in [0.29, 0.717) is 11.1 Å². The first-order valence-corrected chi connectivity index (χ1v) is 6.88. The number of rotatable bonds is 8. The van der Waals surface area contributed by atoms with Crippen LogP contribution in [0.5, 0.6) is 0 Å². The maximum Gasteiger partial charge on any atom is 0.134 e. The number of nitrogens with zero attached hydrogens (tertiary/aromatic N) is 2. The first-order chi connectivity index (χ1) is 8.61. The topological polar surface area (TPSA) is 58.0 Å². The Kier molecular flexibility index (Phi) is 6.98. The van der Waals surface area contributed by atoms with Crippen LogP contribution in [-0.4, -0.2) is 28.2 Å². The van der Waals surface area contributed by atoms with Gasteiger partial charge in [-0.1, -0.05) is 25.4 Å². The van der Waals surface area contributed by atoms with Gasteiger partial charge in [0, 0.05) is 25.6 Å². The lowest BCUT2D eigenvalue weighted by molar-refractivity contribution is 0.283. The molecule has 0 unspecified atom stereocenters. The summed E-state index contributed by atoms with van der Waals surface area (Å²) in [6.07, 6.45) is 3.72. The Labute approximate surface area is 114 Å². The standard InChI is InChI=1S/C13H22ClN3O/c1-10(2)8-13-16-11(14)9-12(17-13)15-6-4-3-5-7-18/h9-10,18H,3-8H2,1-2H3,(H,15,16,17). The van der Waals surface area contributed by atoms with Gasteiger partial charge in [-0.05, 0) is 25.2 Å². The summed E-state index contributed by atoms with van der Waals surface area (Å²) in [5, 5.41) is 12.4. The van der Waals surface area contributed by atoms with Crippen LogP contribution in [0, 0.1) is 5.92 Å². The second-order valence-corrected chi connectivity index (χ2v) is 5.19. The van der Waals surface area contributed by atoms with Gasteiger partial charge in [-0.25, -0.2) is 9.97 Å². The SMILES string of the molecule is CC(C)Cc1nc(Cl)cc(NCCCCCO)n1. The van der Waals surface area contributed by atoms with Crippen LogP contribution in [0.25, 0.3) is 0 Å². The molecule has 0 amide bonds. The van der Waals surface area contributed by atoms with Crippen LogP contribution in [0.4, 0.5) is 5.82 Å². The number of aromatic nitrogens is 2. The molecule has 2 N–H and O–H groups in total. The van der Waals surface area contributed by atoms with Crippen LogP contribution >= 0.6 is 11.6 Å². The van der Waals surface area contributed by atoms with Gasteiger partial charge in [0.1, 0.15) is 16.8 Å². The van der Waals surface area contributed by atoms with Gasteiger partial charge in [0.05, 0.1) is 0 Å². The lowest BCUT2D eigenvalue weighted by Gasteiger charge is -2.09. The molecule has 1 aromatic heterocycles. The van der Waals surface area contributed by atoms with Gasteiger partial charge in [-0.3, -0.25) is 0 Å². The normalized spacial score (nSPS) is 10.9. The van der Waals surface area contributed by atoms with Crippen molar-refractivity contribution in [1.82, 2.24) is 9.97 Å². The molecule has 0 radical (unpaired) electrons. The number of hydrogen-bond donors (Lipinski definition) is 2. The maximum atomic E-state index is 8.68. The Bertz CT molecular complexity index is 358. The highest BCUT2D eigenvalue weighted by Gasteiger charge is 2.05. The highest BCUT2D eigenvalue weighted by atomic mass is 35.5. The molecular formula is C13H22ClN3O. The summed E-state index contributed by atoms with van der Waals surface area (Å²) in [5.74, 6) is 2.09. The smallest absolute Gasteiger partial charge is 0.134 e. The molecule has 18 heavy (non-hydrogen) atoms. The predicted molar refractivity (Wildman–Crippen MR) is 75.0 cm³/mol. The van der Waals surface area contributed by atoms with Crippen LogP contribution in [0.3, 0.4) is 0 Å². The summed E-state index contributed by atoms with van der Waals surface area (Å²) >= 11 is 5.97. The maximum absolute atomic E-state index is 8.68. The molecule has 0 atom stereocenters. The van der Waals surface area contributed by atoms with Crippen LogP contribution < -0.4 is 5.32 Å². The molecule has 1 heterocycles. The summed E-state index contributed by atoms with van der Waals surface area (Å²) < 4.78 is 0. The molecule has 0 aliphatic heterocycles. The van der Waals surface area contributed by atoms with Crippen molar-refractivity contribution >= 4 is 17.4 Å². The van der Waals surface area contributed by atoms with E-state index in [1.54, 1.807) is 6.07 Å². The molecule has 5 heteroatoms. The first kappa shape index (κ1) is 15.2. The van der Waals surface area contributed by atoms with E-state index in [-0.39, 0.29) is 6.61 Å². The third-order valence-corrected chi connectivity index (χ3v) is 2.67. The van der Waals surface area contributed by atoms with E-state index in [2.05, 4.69) is 29.1 Å². The Hall–Kier alpha value is -0.870. The zero-order valence-corrected chi connectivity index (χ0v) is 11.9. The minimum Gasteiger partial charge on any atom is -0.396 e. The van der Waals surface area contributed by atoms with Crippen molar-refractivity contribution in [2.45, 2.75) is 39.5 Å². The number of nitrogens with one attached hydrogen (secondary N) is 1. The summed E-state index contributed by atoms with van der Waals surface area (Å²) in [4.78, 5) is 8.65. The molecule has 0 aliphatic rings. The van der Waals surface area contributed by atoms with Gasteiger partial charge >= 0.3 is 0 Å². The average Bonchev–Trinajstić information content (AvgIpc) is 2.27. The monoisotopic (exact) mass is 271 g/mol. The number of aliphatic hydroxyl groups is 1. The fraction of sp³-hybridized carbons (Fsp3) is 0.692. The summed E-state index contributed by atoms with van der Waals surface area (Å²) in [6.45, 7) is 5.37. The fourth-order valence-electron chi connectivity index (χ4n) is 1.64. The lowest BCUT2D eigenvalue weighted by Crippen LogP contribution is -2.07. The Balaban J connectivity index is 2.46. The van der Waals surface area contributed by atoms with Crippen molar-refractivity contribution in [3.05, 3.63) is 17.0 Å². The van der Waals surface area contributed by atoms with E-state index in [4.69, 9.17) is 16.7 Å². The molecular weight excluding hydrogens is 250 g/mol. The van der Waals surface area contributed by atoms with E-state index in [1.807, 2.05) is 0 Å². The van der Waals surface area contributed by atoms with Gasteiger partial charge in [0.2, 0.25) is 0 Å². The molecule has 102 valence electrons. The van der Waals surface area contributed by atoms with E-state index < -0.39 is 0 Å². The van der Waals surface area contributed by atoms with Crippen molar-refractivity contribution < 1.29 is 5.11 Å². The molecule has 1 rings (SSSR count). The van der Waals surface area contributed by atoms with Crippen LogP contribution in [0.1, 0.15) is 38.9 Å². The highest BCUT2D eigenvalue weighted by molar-refractivity contribution is 6.29. The zero-order valence-electron chi connectivity index (χ0n) is 11.1. The Morgan fingerprint density at radius 2 is 2.06 bits per heavy atom. The lowest BCUT2D eigenvalue weighted by atomic mass is 10.1. The van der Waals surface area contributed by atoms with Gasteiger partial charge < -0.3 is 10.4 Å². The molecule has 0 spiro atoms. The van der Waals surface area contributed by atoms with E-state index >= 15 is 0 Å². The first-order valence-electron chi connectivity index (χ1n) is 6.50. The Morgan fingerprint density at radius 1 is 1.28 bits per heavy atom. The van der Waals surface area contributed by atoms with Gasteiger partial charge in [0.15, 0.2) is 0 Å². The third kappa shape index (κ3) is 6.17. The number of halogens is 1. The molecule has 4 nitrogen and oxygen atoms in total. The summed E-state index contributed by atoms with van der Waals surface area (Å²) in [7, 11) is 0. The van der Waals surface area contributed by atoms with Crippen LogP contribution in [0.2, 0.25) is 5.15 Å². The van der Waals surface area contributed by atoms with E-state index in [0.717, 1.165) is 43.9 Å². The molecule has 1 aromatic rings. The second kappa shape index (κ2) is 8.27. The van der Waals surface area contributed by atoms with Crippen molar-refractivity contribution in [1.29, 1.82) is 0 Å². The van der Waals surface area contributed by atoms with E-state index in [9.17, 15) is 0 Å². The summed E-state index contributed by atoms with van der Waals surface area (Å²) in [5.41, 5.74) is 0. The molecule has 0 saturated carbocycles. The number of unbranched alkanes of at least 4 members (excludes halogenated alkanes) is 2. The molecule has 0 bridgehead atoms. The quantitative estimate of drug-likeness (QED) is 0.564. The van der Waals surface area contributed by atoms with E-state index in [1.165, 1.54) is 0 Å².